The topological polar surface area (TPSA) is 83.8 Å². The molecule has 2 fully saturated rings. The molecular formula is C20H25FN6O3. The van der Waals surface area contributed by atoms with Gasteiger partial charge in [0.2, 0.25) is 5.82 Å². The molecule has 1 aromatic heterocycles. The Morgan fingerprint density at radius 2 is 2.00 bits per heavy atom. The number of urea groups is 1. The summed E-state index contributed by atoms with van der Waals surface area (Å²) in [7, 11) is 6.54. The molecule has 0 saturated carbocycles. The lowest BCUT2D eigenvalue weighted by molar-refractivity contribution is 0.0754. The molecule has 0 unspecified atom stereocenters. The first-order chi connectivity index (χ1) is 14.3. The smallest absolute Gasteiger partial charge is 0.320 e. The number of carbonyl (C=O) groups is 2. The van der Waals surface area contributed by atoms with Gasteiger partial charge in [-0.15, -0.1) is 5.10 Å². The van der Waals surface area contributed by atoms with Crippen LogP contribution in [0.25, 0.3) is 0 Å². The van der Waals surface area contributed by atoms with E-state index in [0.717, 1.165) is 5.56 Å². The van der Waals surface area contributed by atoms with Gasteiger partial charge in [-0.1, -0.05) is 12.1 Å². The molecule has 30 heavy (non-hydrogen) atoms. The summed E-state index contributed by atoms with van der Waals surface area (Å²) in [5.74, 6) is -0.435. The highest BCUT2D eigenvalue weighted by molar-refractivity contribution is 5.90. The zero-order chi connectivity index (χ0) is 21.6. The molecule has 0 aliphatic carbocycles. The van der Waals surface area contributed by atoms with Gasteiger partial charge >= 0.3 is 12.0 Å². The highest BCUT2D eigenvalue weighted by Gasteiger charge is 2.50. The largest absolute Gasteiger partial charge is 0.467 e. The maximum absolute atomic E-state index is 13.9. The summed E-state index contributed by atoms with van der Waals surface area (Å²) in [6.45, 7) is 1.45. The van der Waals surface area contributed by atoms with Gasteiger partial charge in [-0.2, -0.15) is 4.98 Å². The van der Waals surface area contributed by atoms with Crippen LogP contribution < -0.4 is 4.74 Å². The van der Waals surface area contributed by atoms with Gasteiger partial charge in [-0.3, -0.25) is 4.79 Å². The molecule has 2 aliphatic heterocycles. The van der Waals surface area contributed by atoms with Crippen molar-refractivity contribution in [3.05, 3.63) is 41.5 Å². The second kappa shape index (κ2) is 7.58. The first kappa shape index (κ1) is 20.1. The molecule has 2 saturated heterocycles. The molecule has 2 aromatic rings. The zero-order valence-electron chi connectivity index (χ0n) is 17.4. The highest BCUT2D eigenvalue weighted by Crippen LogP contribution is 2.45. The Kier molecular flexibility index (Phi) is 5.08. The molecule has 9 nitrogen and oxygen atoms in total. The van der Waals surface area contributed by atoms with Gasteiger partial charge in [-0.25, -0.2) is 13.9 Å². The third-order valence-corrected chi connectivity index (χ3v) is 5.87. The fourth-order valence-electron chi connectivity index (χ4n) is 4.56. The minimum absolute atomic E-state index is 0.00487. The number of amides is 3. The summed E-state index contributed by atoms with van der Waals surface area (Å²) in [4.78, 5) is 34.9. The number of aryl methyl sites for hydroxylation is 1. The second-order valence-corrected chi connectivity index (χ2v) is 8.01. The molecule has 1 aromatic carbocycles. The molecule has 3 atom stereocenters. The van der Waals surface area contributed by atoms with Gasteiger partial charge in [0.15, 0.2) is 0 Å². The van der Waals surface area contributed by atoms with Crippen LogP contribution in [-0.4, -0.2) is 82.2 Å². The fraction of sp³-hybridized carbons (Fsp3) is 0.500. The van der Waals surface area contributed by atoms with Gasteiger partial charge in [-0.05, 0) is 17.7 Å². The van der Waals surface area contributed by atoms with Crippen molar-refractivity contribution in [1.29, 1.82) is 0 Å². The first-order valence-corrected chi connectivity index (χ1v) is 9.77. The third-order valence-electron chi connectivity index (χ3n) is 5.87. The van der Waals surface area contributed by atoms with Crippen molar-refractivity contribution in [2.75, 3.05) is 40.8 Å². The van der Waals surface area contributed by atoms with E-state index in [-0.39, 0.29) is 47.5 Å². The molecule has 4 rings (SSSR count). The monoisotopic (exact) mass is 416 g/mol. The number of ether oxygens (including phenoxy) is 1. The summed E-state index contributed by atoms with van der Waals surface area (Å²) in [5, 5.41) is 4.14. The second-order valence-electron chi connectivity index (χ2n) is 8.01. The van der Waals surface area contributed by atoms with Crippen LogP contribution in [0.1, 0.15) is 22.2 Å². The summed E-state index contributed by atoms with van der Waals surface area (Å²) >= 11 is 0. The summed E-state index contributed by atoms with van der Waals surface area (Å²) in [6, 6.07) is 6.19. The lowest BCUT2D eigenvalue weighted by atomic mass is 9.89. The van der Waals surface area contributed by atoms with Crippen LogP contribution in [0.3, 0.4) is 0 Å². The predicted octanol–water partition coefficient (Wildman–Crippen LogP) is 1.39. The van der Waals surface area contributed by atoms with E-state index in [1.807, 2.05) is 6.07 Å². The molecule has 0 bridgehead atoms. The van der Waals surface area contributed by atoms with Gasteiger partial charge in [0.05, 0.1) is 13.2 Å². The average Bonchev–Trinajstić information content (AvgIpc) is 3.38. The molecule has 0 radical (unpaired) electrons. The molecule has 10 heteroatoms. The van der Waals surface area contributed by atoms with Crippen molar-refractivity contribution in [2.45, 2.75) is 6.04 Å². The van der Waals surface area contributed by atoms with E-state index in [2.05, 4.69) is 10.1 Å². The molecule has 3 heterocycles. The van der Waals surface area contributed by atoms with Crippen molar-refractivity contribution < 1.29 is 18.7 Å². The number of halogens is 1. The first-order valence-electron chi connectivity index (χ1n) is 9.77. The Bertz CT molecular complexity index is 977. The van der Waals surface area contributed by atoms with Gasteiger partial charge in [0, 0.05) is 52.6 Å². The minimum Gasteiger partial charge on any atom is -0.467 e. The van der Waals surface area contributed by atoms with Crippen molar-refractivity contribution in [3.8, 4) is 6.01 Å². The zero-order valence-corrected chi connectivity index (χ0v) is 17.4. The summed E-state index contributed by atoms with van der Waals surface area (Å²) in [5.41, 5.74) is 0.740. The number of nitrogens with zero attached hydrogens (tertiary/aromatic N) is 6. The third kappa shape index (κ3) is 3.35. The number of aromatic nitrogens is 3. The number of methoxy groups -OCH3 is 1. The van der Waals surface area contributed by atoms with Crippen LogP contribution in [-0.2, 0) is 7.05 Å². The fourth-order valence-corrected chi connectivity index (χ4v) is 4.56. The summed E-state index contributed by atoms with van der Waals surface area (Å²) in [6.07, 6.45) is 0. The van der Waals surface area contributed by atoms with E-state index >= 15 is 0 Å². The van der Waals surface area contributed by atoms with Crippen LogP contribution in [0.15, 0.2) is 24.3 Å². The van der Waals surface area contributed by atoms with Crippen molar-refractivity contribution >= 4 is 11.9 Å². The van der Waals surface area contributed by atoms with E-state index in [1.165, 1.54) is 28.8 Å². The van der Waals surface area contributed by atoms with Crippen LogP contribution in [0, 0.1) is 17.7 Å². The van der Waals surface area contributed by atoms with Crippen molar-refractivity contribution in [2.24, 2.45) is 18.9 Å². The lowest BCUT2D eigenvalue weighted by Crippen LogP contribution is -2.42. The van der Waals surface area contributed by atoms with Gasteiger partial charge in [0.25, 0.3) is 5.91 Å². The Balaban J connectivity index is 1.60. The Hall–Kier alpha value is -3.17. The van der Waals surface area contributed by atoms with Gasteiger partial charge in [0.1, 0.15) is 5.82 Å². The quantitative estimate of drug-likeness (QED) is 0.755. The van der Waals surface area contributed by atoms with E-state index < -0.39 is 0 Å². The Morgan fingerprint density at radius 1 is 1.23 bits per heavy atom. The minimum atomic E-state index is -0.344. The van der Waals surface area contributed by atoms with Crippen molar-refractivity contribution in [3.63, 3.8) is 0 Å². The number of carbonyl (C=O) groups excluding carboxylic acids is 2. The number of hydrogen-bond acceptors (Lipinski definition) is 5. The van der Waals surface area contributed by atoms with Crippen LogP contribution in [0.5, 0.6) is 6.01 Å². The van der Waals surface area contributed by atoms with E-state index in [0.29, 0.717) is 19.6 Å². The van der Waals surface area contributed by atoms with Crippen LogP contribution in [0.2, 0.25) is 0 Å². The molecular weight excluding hydrogens is 391 g/mol. The van der Waals surface area contributed by atoms with Crippen LogP contribution >= 0.6 is 0 Å². The maximum Gasteiger partial charge on any atom is 0.320 e. The molecule has 2 aliphatic rings. The Morgan fingerprint density at radius 3 is 2.63 bits per heavy atom. The molecule has 0 spiro atoms. The van der Waals surface area contributed by atoms with E-state index in [1.54, 1.807) is 37.0 Å². The number of benzene rings is 1. The van der Waals surface area contributed by atoms with Crippen molar-refractivity contribution in [1.82, 2.24) is 29.5 Å². The normalized spacial score (nSPS) is 22.9. The highest BCUT2D eigenvalue weighted by atomic mass is 19.1. The number of likely N-dealkylation sites (tertiary alicyclic amines) is 2. The average molecular weight is 416 g/mol. The SMILES string of the molecule is COc1nc(C(=O)N2C[C@@H]3CN(C(=O)N(C)C)[C@H](c4cccc(F)c4)[C@@H]3C2)nn1C. The molecule has 3 amide bonds. The Labute approximate surface area is 174 Å². The molecule has 160 valence electrons. The molecule has 0 N–H and O–H groups in total. The number of fused-ring (bicyclic) bond motifs is 1. The van der Waals surface area contributed by atoms with Gasteiger partial charge < -0.3 is 19.4 Å². The number of hydrogen-bond donors (Lipinski definition) is 0. The summed E-state index contributed by atoms with van der Waals surface area (Å²) < 4.78 is 20.5. The number of rotatable bonds is 3. The predicted molar refractivity (Wildman–Crippen MR) is 105 cm³/mol. The lowest BCUT2D eigenvalue weighted by Gasteiger charge is -2.31. The van der Waals surface area contributed by atoms with E-state index in [4.69, 9.17) is 4.74 Å². The van der Waals surface area contributed by atoms with E-state index in [9.17, 15) is 14.0 Å². The standard InChI is InChI=1S/C20H25FN6O3/c1-24(2)20(29)27-10-13-9-26(18(28)17-22-19(30-4)25(3)23-17)11-15(13)16(27)12-6-5-7-14(21)8-12/h5-8,13,15-16H,9-11H2,1-4H3/t13-,15-,16-/m1/s1. The maximum atomic E-state index is 13.9. The van der Waals surface area contributed by atoms with Crippen LogP contribution in [0.4, 0.5) is 9.18 Å².